The fraction of sp³-hybridized carbons (Fsp3) is 0.571. The van der Waals surface area contributed by atoms with Crippen LogP contribution in [0.4, 0.5) is 4.79 Å². The van der Waals surface area contributed by atoms with Gasteiger partial charge in [-0.15, -0.1) is 13.2 Å². The zero-order valence-corrected chi connectivity index (χ0v) is 28.2. The molecule has 1 aliphatic heterocycles. The molecule has 10 heteroatoms. The summed E-state index contributed by atoms with van der Waals surface area (Å²) < 4.78 is 5.60. The van der Waals surface area contributed by atoms with Gasteiger partial charge in [0.05, 0.1) is 0 Å². The van der Waals surface area contributed by atoms with Gasteiger partial charge >= 0.3 is 6.09 Å². The van der Waals surface area contributed by atoms with Crippen molar-refractivity contribution in [1.82, 2.24) is 15.5 Å². The lowest BCUT2D eigenvalue weighted by atomic mass is 9.94. The van der Waals surface area contributed by atoms with E-state index in [2.05, 4.69) is 55.5 Å². The van der Waals surface area contributed by atoms with E-state index >= 15 is 0 Å². The number of unbranched alkanes of at least 4 members (excludes halogenated alkanes) is 1. The molecule has 1 aromatic rings. The zero-order valence-electron chi connectivity index (χ0n) is 28.2. The Bertz CT molecular complexity index is 1060. The number of hydrogen-bond donors (Lipinski definition) is 3. The molecule has 4 N–H and O–H groups in total. The molecule has 0 spiro atoms. The lowest BCUT2D eigenvalue weighted by Gasteiger charge is -2.33. The van der Waals surface area contributed by atoms with Gasteiger partial charge < -0.3 is 26.0 Å². The fourth-order valence-electron chi connectivity index (χ4n) is 5.15. The number of likely N-dealkylation sites (tertiary alicyclic amines) is 1. The minimum atomic E-state index is -0.674. The van der Waals surface area contributed by atoms with Gasteiger partial charge in [-0.2, -0.15) is 0 Å². The number of amides is 4. The molecule has 0 bridgehead atoms. The number of rotatable bonds is 12. The van der Waals surface area contributed by atoms with Crippen molar-refractivity contribution in [2.24, 2.45) is 17.6 Å². The molecule has 1 fully saturated rings. The van der Waals surface area contributed by atoms with Crippen LogP contribution in [0.1, 0.15) is 84.8 Å². The number of Topliss-reactive ketones (excluding diaryl/α,β-unsaturated/α-hetero) is 1. The smallest absolute Gasteiger partial charge is 0.408 e. The van der Waals surface area contributed by atoms with Crippen molar-refractivity contribution in [3.8, 4) is 0 Å². The maximum atomic E-state index is 13.7. The number of allylic oxidation sites excluding steroid dienone is 1. The number of nitrogens with one attached hydrogen (secondary N) is 2. The molecule has 45 heavy (non-hydrogen) atoms. The van der Waals surface area contributed by atoms with Gasteiger partial charge in [0.2, 0.25) is 18.7 Å². The summed E-state index contributed by atoms with van der Waals surface area (Å²) in [6.07, 6.45) is 9.60. The van der Waals surface area contributed by atoms with E-state index < -0.39 is 17.7 Å². The summed E-state index contributed by atoms with van der Waals surface area (Å²) in [6, 6.07) is 7.42. The summed E-state index contributed by atoms with van der Waals surface area (Å²) in [7, 11) is 0. The van der Waals surface area contributed by atoms with Gasteiger partial charge in [-0.3, -0.25) is 19.2 Å². The monoisotopic (exact) mass is 628 g/mol. The second-order valence-electron chi connectivity index (χ2n) is 12.0. The van der Waals surface area contributed by atoms with Crippen LogP contribution in [-0.2, 0) is 36.8 Å². The van der Waals surface area contributed by atoms with Crippen LogP contribution < -0.4 is 16.4 Å². The normalized spacial score (nSPS) is 17.2. The summed E-state index contributed by atoms with van der Waals surface area (Å²) >= 11 is 0. The Labute approximate surface area is 270 Å². The summed E-state index contributed by atoms with van der Waals surface area (Å²) in [5, 5.41) is 5.31. The number of carbonyl (C=O) groups is 5. The number of ether oxygens (including phenoxy) is 1. The standard InChI is InChI=1S/C25H36N2O4.C5H10.C4H7NO.CH3NO/c1-6-25(4,5)31-24(30)26-22(20-13-18-9-7-8-10-19(18)14-20)23(29)27-15-16(2)11-21(27)12-17(3)28;1-3-5-4-2;1-2-3-5-4-6;2-1-3/h7-10,16,20-22H,6,11-15H2,1-5H3,(H,26,30);3H,1,4-5H2,2H3;2,4H,1,3H2,(H,5,6);1H,(H2,2,3)/t16-,21?,22?;;;/m1.../s1. The number of carbonyl (C=O) groups excluding carboxylic acids is 5. The van der Waals surface area contributed by atoms with Gasteiger partial charge in [0, 0.05) is 25.6 Å². The molecule has 252 valence electrons. The number of fused-ring (bicyclic) bond motifs is 1. The molecule has 0 radical (unpaired) electrons. The zero-order chi connectivity index (χ0) is 34.4. The maximum Gasteiger partial charge on any atom is 0.408 e. The summed E-state index contributed by atoms with van der Waals surface area (Å²) in [5.41, 5.74) is 6.02. The molecule has 0 aromatic heterocycles. The van der Waals surface area contributed by atoms with Crippen LogP contribution in [-0.4, -0.2) is 66.3 Å². The van der Waals surface area contributed by atoms with E-state index in [1.165, 1.54) is 17.5 Å². The molecule has 2 unspecified atom stereocenters. The van der Waals surface area contributed by atoms with Crippen LogP contribution >= 0.6 is 0 Å². The molecule has 4 amide bonds. The highest BCUT2D eigenvalue weighted by molar-refractivity contribution is 5.87. The second kappa shape index (κ2) is 22.5. The number of benzene rings is 1. The Balaban J connectivity index is 0.00000116. The predicted molar refractivity (Wildman–Crippen MR) is 179 cm³/mol. The first-order valence-corrected chi connectivity index (χ1v) is 15.7. The molecule has 1 heterocycles. The third-order valence-electron chi connectivity index (χ3n) is 7.58. The molecule has 3 rings (SSSR count). The van der Waals surface area contributed by atoms with Crippen LogP contribution in [0.3, 0.4) is 0 Å². The molecule has 1 saturated heterocycles. The van der Waals surface area contributed by atoms with E-state index in [1.807, 2.05) is 43.9 Å². The summed E-state index contributed by atoms with van der Waals surface area (Å²) in [5.74, 6) is 0.287. The van der Waals surface area contributed by atoms with E-state index in [0.717, 1.165) is 25.7 Å². The van der Waals surface area contributed by atoms with E-state index in [-0.39, 0.29) is 30.1 Å². The van der Waals surface area contributed by atoms with Crippen molar-refractivity contribution in [3.63, 3.8) is 0 Å². The fourth-order valence-corrected chi connectivity index (χ4v) is 5.15. The average Bonchev–Trinajstić information content (AvgIpc) is 3.58. The summed E-state index contributed by atoms with van der Waals surface area (Å²) in [4.78, 5) is 58.1. The Kier molecular flexibility index (Phi) is 20.6. The lowest BCUT2D eigenvalue weighted by molar-refractivity contribution is -0.136. The van der Waals surface area contributed by atoms with E-state index in [4.69, 9.17) is 9.53 Å². The van der Waals surface area contributed by atoms with Gasteiger partial charge in [0.25, 0.3) is 0 Å². The van der Waals surface area contributed by atoms with Gasteiger partial charge in [0.15, 0.2) is 0 Å². The van der Waals surface area contributed by atoms with Gasteiger partial charge in [-0.25, -0.2) is 4.79 Å². The highest BCUT2D eigenvalue weighted by Gasteiger charge is 2.42. The van der Waals surface area contributed by atoms with E-state index in [0.29, 0.717) is 38.3 Å². The minimum absolute atomic E-state index is 0.0314. The van der Waals surface area contributed by atoms with Crippen molar-refractivity contribution in [3.05, 3.63) is 60.7 Å². The topological polar surface area (TPSA) is 148 Å². The maximum absolute atomic E-state index is 13.7. The quantitative estimate of drug-likeness (QED) is 0.171. The van der Waals surface area contributed by atoms with Gasteiger partial charge in [-0.05, 0) is 75.8 Å². The molecule has 10 nitrogen and oxygen atoms in total. The van der Waals surface area contributed by atoms with E-state index in [1.54, 1.807) is 13.0 Å². The molecule has 1 aromatic carbocycles. The number of hydrogen-bond acceptors (Lipinski definition) is 6. The van der Waals surface area contributed by atoms with Crippen LogP contribution in [0.5, 0.6) is 0 Å². The Morgan fingerprint density at radius 2 is 1.69 bits per heavy atom. The number of ketones is 1. The highest BCUT2D eigenvalue weighted by Crippen LogP contribution is 2.32. The number of primary amides is 1. The molecule has 2 aliphatic rings. The summed E-state index contributed by atoms with van der Waals surface area (Å²) in [6.45, 7) is 19.6. The van der Waals surface area contributed by atoms with Crippen LogP contribution in [0.2, 0.25) is 0 Å². The second-order valence-corrected chi connectivity index (χ2v) is 12.0. The van der Waals surface area contributed by atoms with Gasteiger partial charge in [-0.1, -0.05) is 63.6 Å². The molecular formula is C35H56N4O6. The van der Waals surface area contributed by atoms with Crippen molar-refractivity contribution in [2.45, 2.75) is 104 Å². The Hall–Kier alpha value is -3.95. The predicted octanol–water partition coefficient (Wildman–Crippen LogP) is 4.89. The Morgan fingerprint density at radius 3 is 2.09 bits per heavy atom. The van der Waals surface area contributed by atoms with Gasteiger partial charge in [0.1, 0.15) is 17.4 Å². The third kappa shape index (κ3) is 16.1. The molecule has 3 atom stereocenters. The number of nitrogens with two attached hydrogens (primary N) is 1. The third-order valence-corrected chi connectivity index (χ3v) is 7.58. The van der Waals surface area contributed by atoms with Crippen molar-refractivity contribution < 1.29 is 28.7 Å². The largest absolute Gasteiger partial charge is 0.444 e. The van der Waals surface area contributed by atoms with Crippen molar-refractivity contribution in [2.75, 3.05) is 13.1 Å². The lowest BCUT2D eigenvalue weighted by Crippen LogP contribution is -2.54. The van der Waals surface area contributed by atoms with E-state index in [9.17, 15) is 19.2 Å². The van der Waals surface area contributed by atoms with Crippen molar-refractivity contribution in [1.29, 1.82) is 0 Å². The first-order chi connectivity index (χ1) is 21.3. The first-order valence-electron chi connectivity index (χ1n) is 15.7. The van der Waals surface area contributed by atoms with Crippen LogP contribution in [0.25, 0.3) is 0 Å². The minimum Gasteiger partial charge on any atom is -0.444 e. The highest BCUT2D eigenvalue weighted by atomic mass is 16.6. The molecule has 0 saturated carbocycles. The average molecular weight is 629 g/mol. The van der Waals surface area contributed by atoms with Crippen molar-refractivity contribution >= 4 is 30.6 Å². The SMILES string of the molecule is C=CCCC.C=CCNC=O.CCC(C)(C)OC(=O)NC(C(=O)N1C[C@H](C)CC1CC(C)=O)C1Cc2ccccc2C1.NC=O. The number of alkyl carbamates (subject to hydrolysis) is 1. The van der Waals surface area contributed by atoms with Crippen LogP contribution in [0, 0.1) is 11.8 Å². The molecular weight excluding hydrogens is 572 g/mol. The first kappa shape index (κ1) is 41.0. The molecule has 1 aliphatic carbocycles. The number of nitrogens with zero attached hydrogens (tertiary/aromatic N) is 1. The Morgan fingerprint density at radius 1 is 1.11 bits per heavy atom. The van der Waals surface area contributed by atoms with Crippen LogP contribution in [0.15, 0.2) is 49.6 Å².